The standard InChI is InChI=1S/C14H14BrFN2/c1-8-6-10(7-9(2)18-8)14(17)11-4-3-5-12(15)13(11)16/h3-7,14H,17H2,1-2H3. The molecule has 0 saturated carbocycles. The third kappa shape index (κ3) is 2.60. The maximum Gasteiger partial charge on any atom is 0.142 e. The maximum absolute atomic E-state index is 14.0. The number of hydrogen-bond donors (Lipinski definition) is 1. The van der Waals surface area contributed by atoms with Gasteiger partial charge in [0.2, 0.25) is 0 Å². The minimum absolute atomic E-state index is 0.308. The van der Waals surface area contributed by atoms with Crippen LogP contribution in [0.1, 0.15) is 28.6 Å². The molecule has 2 nitrogen and oxygen atoms in total. The first-order chi connectivity index (χ1) is 8.49. The van der Waals surface area contributed by atoms with Gasteiger partial charge in [-0.05, 0) is 53.5 Å². The van der Waals surface area contributed by atoms with Crippen molar-refractivity contribution in [1.82, 2.24) is 4.98 Å². The van der Waals surface area contributed by atoms with Crippen LogP contribution in [-0.4, -0.2) is 4.98 Å². The zero-order valence-corrected chi connectivity index (χ0v) is 11.8. The average Bonchev–Trinajstić information content (AvgIpc) is 2.30. The second-order valence-corrected chi connectivity index (χ2v) is 5.16. The van der Waals surface area contributed by atoms with Crippen molar-refractivity contribution in [2.24, 2.45) is 5.73 Å². The SMILES string of the molecule is Cc1cc(C(N)c2cccc(Br)c2F)cc(C)n1. The highest BCUT2D eigenvalue weighted by Crippen LogP contribution is 2.27. The smallest absolute Gasteiger partial charge is 0.142 e. The Morgan fingerprint density at radius 1 is 1.22 bits per heavy atom. The van der Waals surface area contributed by atoms with Gasteiger partial charge in [-0.1, -0.05) is 12.1 Å². The molecule has 1 aromatic carbocycles. The number of aromatic nitrogens is 1. The molecule has 1 unspecified atom stereocenters. The summed E-state index contributed by atoms with van der Waals surface area (Å²) in [5.41, 5.74) is 9.26. The van der Waals surface area contributed by atoms with E-state index in [0.717, 1.165) is 17.0 Å². The van der Waals surface area contributed by atoms with Gasteiger partial charge in [-0.2, -0.15) is 0 Å². The molecule has 2 aromatic rings. The molecule has 18 heavy (non-hydrogen) atoms. The van der Waals surface area contributed by atoms with Gasteiger partial charge in [-0.3, -0.25) is 4.98 Å². The maximum atomic E-state index is 14.0. The van der Waals surface area contributed by atoms with Crippen molar-refractivity contribution in [3.05, 3.63) is 63.1 Å². The summed E-state index contributed by atoms with van der Waals surface area (Å²) in [5, 5.41) is 0. The number of halogens is 2. The van der Waals surface area contributed by atoms with Gasteiger partial charge >= 0.3 is 0 Å². The molecule has 0 aliphatic rings. The number of nitrogens with zero attached hydrogens (tertiary/aromatic N) is 1. The summed E-state index contributed by atoms with van der Waals surface area (Å²) >= 11 is 3.17. The van der Waals surface area contributed by atoms with Gasteiger partial charge in [0.05, 0.1) is 10.5 Å². The van der Waals surface area contributed by atoms with E-state index in [1.165, 1.54) is 0 Å². The van der Waals surface area contributed by atoms with E-state index in [1.807, 2.05) is 26.0 Å². The van der Waals surface area contributed by atoms with Crippen molar-refractivity contribution in [2.75, 3.05) is 0 Å². The lowest BCUT2D eigenvalue weighted by molar-refractivity contribution is 0.593. The Morgan fingerprint density at radius 2 is 1.83 bits per heavy atom. The molecule has 4 heteroatoms. The van der Waals surface area contributed by atoms with E-state index in [2.05, 4.69) is 20.9 Å². The zero-order chi connectivity index (χ0) is 13.3. The predicted molar refractivity (Wildman–Crippen MR) is 73.8 cm³/mol. The number of nitrogens with two attached hydrogens (primary N) is 1. The van der Waals surface area contributed by atoms with Gasteiger partial charge in [0.1, 0.15) is 5.82 Å². The molecule has 0 spiro atoms. The van der Waals surface area contributed by atoms with Crippen LogP contribution >= 0.6 is 15.9 Å². The fraction of sp³-hybridized carbons (Fsp3) is 0.214. The topological polar surface area (TPSA) is 38.9 Å². The fourth-order valence-corrected chi connectivity index (χ4v) is 2.37. The molecule has 0 aliphatic heterocycles. The van der Waals surface area contributed by atoms with Crippen molar-refractivity contribution in [3.8, 4) is 0 Å². The summed E-state index contributed by atoms with van der Waals surface area (Å²) in [6, 6.07) is 8.44. The highest BCUT2D eigenvalue weighted by atomic mass is 79.9. The summed E-state index contributed by atoms with van der Waals surface area (Å²) in [5.74, 6) is -0.308. The summed E-state index contributed by atoms with van der Waals surface area (Å²) in [6.07, 6.45) is 0. The van der Waals surface area contributed by atoms with Gasteiger partial charge in [0.15, 0.2) is 0 Å². The van der Waals surface area contributed by atoms with E-state index in [9.17, 15) is 4.39 Å². The van der Waals surface area contributed by atoms with Crippen LogP contribution in [0, 0.1) is 19.7 Å². The van der Waals surface area contributed by atoms with E-state index in [0.29, 0.717) is 10.0 Å². The van der Waals surface area contributed by atoms with Crippen LogP contribution in [0.2, 0.25) is 0 Å². The Kier molecular flexibility index (Phi) is 3.78. The van der Waals surface area contributed by atoms with Crippen LogP contribution in [-0.2, 0) is 0 Å². The Morgan fingerprint density at radius 3 is 2.44 bits per heavy atom. The molecule has 2 rings (SSSR count). The molecule has 1 atom stereocenters. The molecule has 0 aliphatic carbocycles. The van der Waals surface area contributed by atoms with Gasteiger partial charge in [0.25, 0.3) is 0 Å². The van der Waals surface area contributed by atoms with Crippen molar-refractivity contribution >= 4 is 15.9 Å². The Hall–Kier alpha value is -1.26. The Labute approximate surface area is 114 Å². The predicted octanol–water partition coefficient (Wildman–Crippen LogP) is 3.65. The molecule has 1 aromatic heterocycles. The highest BCUT2D eigenvalue weighted by Gasteiger charge is 2.16. The normalized spacial score (nSPS) is 12.5. The third-order valence-corrected chi connectivity index (χ3v) is 3.39. The van der Waals surface area contributed by atoms with E-state index in [-0.39, 0.29) is 5.82 Å². The molecule has 0 bridgehead atoms. The van der Waals surface area contributed by atoms with Crippen LogP contribution in [0.3, 0.4) is 0 Å². The lowest BCUT2D eigenvalue weighted by Gasteiger charge is -2.15. The summed E-state index contributed by atoms with van der Waals surface area (Å²) in [6.45, 7) is 3.81. The van der Waals surface area contributed by atoms with Gasteiger partial charge in [0, 0.05) is 17.0 Å². The quantitative estimate of drug-likeness (QED) is 0.919. The van der Waals surface area contributed by atoms with Gasteiger partial charge in [-0.25, -0.2) is 4.39 Å². The van der Waals surface area contributed by atoms with Crippen LogP contribution in [0.25, 0.3) is 0 Å². The monoisotopic (exact) mass is 308 g/mol. The number of benzene rings is 1. The lowest BCUT2D eigenvalue weighted by atomic mass is 9.99. The van der Waals surface area contributed by atoms with Gasteiger partial charge in [-0.15, -0.1) is 0 Å². The second-order valence-electron chi connectivity index (χ2n) is 4.30. The number of pyridine rings is 1. The highest BCUT2D eigenvalue weighted by molar-refractivity contribution is 9.10. The molecule has 0 radical (unpaired) electrons. The first kappa shape index (κ1) is 13.2. The molecule has 1 heterocycles. The Balaban J connectivity index is 2.47. The van der Waals surface area contributed by atoms with Crippen molar-refractivity contribution in [1.29, 1.82) is 0 Å². The van der Waals surface area contributed by atoms with Crippen molar-refractivity contribution in [2.45, 2.75) is 19.9 Å². The van der Waals surface area contributed by atoms with Crippen LogP contribution in [0.4, 0.5) is 4.39 Å². The molecule has 0 fully saturated rings. The summed E-state index contributed by atoms with van der Waals surface area (Å²) in [4.78, 5) is 4.29. The van der Waals surface area contributed by atoms with Crippen LogP contribution < -0.4 is 5.73 Å². The number of aryl methyl sites for hydroxylation is 2. The van der Waals surface area contributed by atoms with E-state index >= 15 is 0 Å². The minimum Gasteiger partial charge on any atom is -0.320 e. The van der Waals surface area contributed by atoms with Crippen LogP contribution in [0.15, 0.2) is 34.8 Å². The largest absolute Gasteiger partial charge is 0.320 e. The van der Waals surface area contributed by atoms with Crippen molar-refractivity contribution in [3.63, 3.8) is 0 Å². The van der Waals surface area contributed by atoms with E-state index < -0.39 is 6.04 Å². The molecular weight excluding hydrogens is 295 g/mol. The molecule has 2 N–H and O–H groups in total. The van der Waals surface area contributed by atoms with Crippen molar-refractivity contribution < 1.29 is 4.39 Å². The molecule has 0 saturated heterocycles. The third-order valence-electron chi connectivity index (χ3n) is 2.78. The molecule has 94 valence electrons. The first-order valence-electron chi connectivity index (χ1n) is 5.63. The van der Waals surface area contributed by atoms with E-state index in [1.54, 1.807) is 18.2 Å². The zero-order valence-electron chi connectivity index (χ0n) is 10.2. The first-order valence-corrected chi connectivity index (χ1v) is 6.43. The summed E-state index contributed by atoms with van der Waals surface area (Å²) < 4.78 is 14.4. The Bertz CT molecular complexity index is 564. The molecule has 0 amide bonds. The van der Waals surface area contributed by atoms with E-state index in [4.69, 9.17) is 5.73 Å². The lowest BCUT2D eigenvalue weighted by Crippen LogP contribution is -2.14. The second kappa shape index (κ2) is 5.16. The average molecular weight is 309 g/mol. The molecular formula is C14H14BrFN2. The number of rotatable bonds is 2. The van der Waals surface area contributed by atoms with Gasteiger partial charge < -0.3 is 5.73 Å². The summed E-state index contributed by atoms with van der Waals surface area (Å²) in [7, 11) is 0. The van der Waals surface area contributed by atoms with Crippen LogP contribution in [0.5, 0.6) is 0 Å². The number of hydrogen-bond acceptors (Lipinski definition) is 2. The minimum atomic E-state index is -0.483. The fourth-order valence-electron chi connectivity index (χ4n) is 1.99.